The molecule has 1 atom stereocenters. The number of benzene rings is 1. The quantitative estimate of drug-likeness (QED) is 0.833. The minimum Gasteiger partial charge on any atom is -0.398 e. The first-order valence-corrected chi connectivity index (χ1v) is 7.11. The summed E-state index contributed by atoms with van der Waals surface area (Å²) in [5.74, 6) is 0. The van der Waals surface area contributed by atoms with Crippen molar-refractivity contribution >= 4 is 23.0 Å². The fourth-order valence-electron chi connectivity index (χ4n) is 2.31. The molecule has 1 aliphatic rings. The van der Waals surface area contributed by atoms with Crippen LogP contribution in [0.15, 0.2) is 12.1 Å². The molecule has 1 saturated heterocycles. The lowest BCUT2D eigenvalue weighted by atomic mass is 10.1. The molecule has 1 unspecified atom stereocenters. The fourth-order valence-corrected chi connectivity index (χ4v) is 2.47. The van der Waals surface area contributed by atoms with Crippen molar-refractivity contribution < 1.29 is 4.74 Å². The van der Waals surface area contributed by atoms with Gasteiger partial charge in [0.1, 0.15) is 0 Å². The highest BCUT2D eigenvalue weighted by atomic mass is 35.5. The molecule has 1 aliphatic heterocycles. The van der Waals surface area contributed by atoms with Gasteiger partial charge < -0.3 is 15.8 Å². The van der Waals surface area contributed by atoms with Crippen LogP contribution in [-0.2, 0) is 4.74 Å². The number of morpholine rings is 1. The van der Waals surface area contributed by atoms with Crippen LogP contribution in [0, 0.1) is 6.92 Å². The smallest absolute Gasteiger partial charge is 0.0874 e. The standard InChI is InChI=1S/C14H22ClN3O/c1-3-18-4-5-19-11(9-18)8-17-14-7-12(15)13(16)6-10(14)2/h6-7,11,17H,3-5,8-9,16H2,1-2H3. The molecule has 0 bridgehead atoms. The number of nitrogens with zero attached hydrogens (tertiary/aromatic N) is 1. The predicted molar refractivity (Wildman–Crippen MR) is 80.9 cm³/mol. The number of aryl methyl sites for hydroxylation is 1. The summed E-state index contributed by atoms with van der Waals surface area (Å²) in [6, 6.07) is 3.78. The van der Waals surface area contributed by atoms with E-state index in [1.165, 1.54) is 0 Å². The molecule has 0 radical (unpaired) electrons. The molecule has 19 heavy (non-hydrogen) atoms. The highest BCUT2D eigenvalue weighted by Gasteiger charge is 2.19. The Labute approximate surface area is 119 Å². The number of nitrogen functional groups attached to an aromatic ring is 1. The van der Waals surface area contributed by atoms with Crippen LogP contribution in [0.25, 0.3) is 0 Å². The summed E-state index contributed by atoms with van der Waals surface area (Å²) >= 11 is 6.05. The lowest BCUT2D eigenvalue weighted by Crippen LogP contribution is -2.45. The first-order chi connectivity index (χ1) is 9.10. The number of halogens is 1. The number of ether oxygens (including phenoxy) is 1. The summed E-state index contributed by atoms with van der Waals surface area (Å²) in [7, 11) is 0. The Morgan fingerprint density at radius 1 is 1.53 bits per heavy atom. The summed E-state index contributed by atoms with van der Waals surface area (Å²) < 4.78 is 5.76. The van der Waals surface area contributed by atoms with Crippen molar-refractivity contribution in [3.63, 3.8) is 0 Å². The van der Waals surface area contributed by atoms with Crippen LogP contribution in [0.5, 0.6) is 0 Å². The van der Waals surface area contributed by atoms with Gasteiger partial charge in [0, 0.05) is 25.3 Å². The van der Waals surface area contributed by atoms with Crippen LogP contribution >= 0.6 is 11.6 Å². The second kappa shape index (κ2) is 6.46. The van der Waals surface area contributed by atoms with Gasteiger partial charge in [0.15, 0.2) is 0 Å². The van der Waals surface area contributed by atoms with E-state index in [9.17, 15) is 0 Å². The zero-order chi connectivity index (χ0) is 13.8. The van der Waals surface area contributed by atoms with E-state index in [1.54, 1.807) is 0 Å². The fraction of sp³-hybridized carbons (Fsp3) is 0.571. The molecule has 2 rings (SSSR count). The molecule has 106 valence electrons. The monoisotopic (exact) mass is 283 g/mol. The number of nitrogens with two attached hydrogens (primary N) is 1. The summed E-state index contributed by atoms with van der Waals surface area (Å²) in [5, 5.41) is 3.99. The molecule has 0 saturated carbocycles. The zero-order valence-electron chi connectivity index (χ0n) is 11.6. The molecule has 1 heterocycles. The van der Waals surface area contributed by atoms with E-state index < -0.39 is 0 Å². The van der Waals surface area contributed by atoms with Crippen molar-refractivity contribution in [3.8, 4) is 0 Å². The molecule has 1 fully saturated rings. The van der Waals surface area contributed by atoms with E-state index in [-0.39, 0.29) is 6.10 Å². The first-order valence-electron chi connectivity index (χ1n) is 6.73. The molecule has 4 nitrogen and oxygen atoms in total. The molecule has 0 amide bonds. The normalized spacial score (nSPS) is 20.5. The van der Waals surface area contributed by atoms with Crippen molar-refractivity contribution in [2.75, 3.05) is 43.8 Å². The maximum atomic E-state index is 6.05. The third kappa shape index (κ3) is 3.75. The van der Waals surface area contributed by atoms with Crippen LogP contribution in [0.2, 0.25) is 5.02 Å². The molecule has 3 N–H and O–H groups in total. The second-order valence-electron chi connectivity index (χ2n) is 4.96. The molecule has 0 aromatic heterocycles. The number of likely N-dealkylation sites (N-methyl/N-ethyl adjacent to an activating group) is 1. The minimum absolute atomic E-state index is 0.226. The second-order valence-corrected chi connectivity index (χ2v) is 5.36. The SMILES string of the molecule is CCN1CCOC(CNc2cc(Cl)c(N)cc2C)C1. The number of rotatable bonds is 4. The molecule has 0 spiro atoms. The lowest BCUT2D eigenvalue weighted by molar-refractivity contribution is -0.0191. The Balaban J connectivity index is 1.93. The van der Waals surface area contributed by atoms with Crippen LogP contribution in [-0.4, -0.2) is 43.8 Å². The number of anilines is 2. The van der Waals surface area contributed by atoms with E-state index in [1.807, 2.05) is 19.1 Å². The third-order valence-electron chi connectivity index (χ3n) is 3.53. The van der Waals surface area contributed by atoms with Crippen LogP contribution < -0.4 is 11.1 Å². The Morgan fingerprint density at radius 3 is 3.05 bits per heavy atom. The van der Waals surface area contributed by atoms with E-state index >= 15 is 0 Å². The Kier molecular flexibility index (Phi) is 4.91. The van der Waals surface area contributed by atoms with E-state index in [4.69, 9.17) is 22.1 Å². The van der Waals surface area contributed by atoms with Gasteiger partial charge in [-0.05, 0) is 31.2 Å². The van der Waals surface area contributed by atoms with E-state index in [0.717, 1.165) is 44.0 Å². The first kappa shape index (κ1) is 14.4. The summed E-state index contributed by atoms with van der Waals surface area (Å²) in [6.45, 7) is 8.88. The summed E-state index contributed by atoms with van der Waals surface area (Å²) in [5.41, 5.74) is 8.52. The topological polar surface area (TPSA) is 50.5 Å². The zero-order valence-corrected chi connectivity index (χ0v) is 12.3. The van der Waals surface area contributed by atoms with Gasteiger partial charge in [-0.25, -0.2) is 0 Å². The van der Waals surface area contributed by atoms with Crippen molar-refractivity contribution in [3.05, 3.63) is 22.7 Å². The van der Waals surface area contributed by atoms with Gasteiger partial charge >= 0.3 is 0 Å². The summed E-state index contributed by atoms with van der Waals surface area (Å²) in [4.78, 5) is 2.40. The molecule has 1 aromatic rings. The lowest BCUT2D eigenvalue weighted by Gasteiger charge is -2.32. The molecule has 0 aliphatic carbocycles. The maximum Gasteiger partial charge on any atom is 0.0874 e. The van der Waals surface area contributed by atoms with E-state index in [0.29, 0.717) is 10.7 Å². The van der Waals surface area contributed by atoms with Gasteiger partial charge in [-0.1, -0.05) is 18.5 Å². The average molecular weight is 284 g/mol. The van der Waals surface area contributed by atoms with Gasteiger partial charge in [-0.3, -0.25) is 4.90 Å². The van der Waals surface area contributed by atoms with Gasteiger partial charge in [-0.15, -0.1) is 0 Å². The highest BCUT2D eigenvalue weighted by Crippen LogP contribution is 2.26. The maximum absolute atomic E-state index is 6.05. The number of hydrogen-bond donors (Lipinski definition) is 2. The van der Waals surface area contributed by atoms with Crippen molar-refractivity contribution in [1.29, 1.82) is 0 Å². The molecular weight excluding hydrogens is 262 g/mol. The van der Waals surface area contributed by atoms with Crippen LogP contribution in [0.3, 0.4) is 0 Å². The molecule has 1 aromatic carbocycles. The van der Waals surface area contributed by atoms with Crippen molar-refractivity contribution in [2.24, 2.45) is 0 Å². The average Bonchev–Trinajstić information content (AvgIpc) is 2.41. The number of hydrogen-bond acceptors (Lipinski definition) is 4. The minimum atomic E-state index is 0.226. The highest BCUT2D eigenvalue weighted by molar-refractivity contribution is 6.33. The Morgan fingerprint density at radius 2 is 2.32 bits per heavy atom. The molecular formula is C14H22ClN3O. The van der Waals surface area contributed by atoms with Crippen molar-refractivity contribution in [2.45, 2.75) is 20.0 Å². The van der Waals surface area contributed by atoms with Crippen LogP contribution in [0.4, 0.5) is 11.4 Å². The largest absolute Gasteiger partial charge is 0.398 e. The van der Waals surface area contributed by atoms with Gasteiger partial charge in [0.05, 0.1) is 23.4 Å². The molecule has 5 heteroatoms. The Hall–Kier alpha value is -0.970. The predicted octanol–water partition coefficient (Wildman–Crippen LogP) is 2.36. The van der Waals surface area contributed by atoms with Crippen LogP contribution in [0.1, 0.15) is 12.5 Å². The Bertz CT molecular complexity index is 439. The van der Waals surface area contributed by atoms with Gasteiger partial charge in [0.2, 0.25) is 0 Å². The van der Waals surface area contributed by atoms with E-state index in [2.05, 4.69) is 17.1 Å². The summed E-state index contributed by atoms with van der Waals surface area (Å²) in [6.07, 6.45) is 0.226. The van der Waals surface area contributed by atoms with Crippen molar-refractivity contribution in [1.82, 2.24) is 4.90 Å². The van der Waals surface area contributed by atoms with Gasteiger partial charge in [-0.2, -0.15) is 0 Å². The number of nitrogens with one attached hydrogen (secondary N) is 1. The van der Waals surface area contributed by atoms with Gasteiger partial charge in [0.25, 0.3) is 0 Å². The third-order valence-corrected chi connectivity index (χ3v) is 3.86.